The second kappa shape index (κ2) is 5.20. The Kier molecular flexibility index (Phi) is 3.39. The normalized spacial score (nSPS) is 17.9. The Labute approximate surface area is 120 Å². The molecule has 1 N–H and O–H groups in total. The number of hydrogen-bond donors (Lipinski definition) is 1. The van der Waals surface area contributed by atoms with Crippen LogP contribution in [0, 0.1) is 12.8 Å². The molecular formula is C18H21NO. The summed E-state index contributed by atoms with van der Waals surface area (Å²) in [5.74, 6) is 1.04. The second-order valence-corrected chi connectivity index (χ2v) is 5.95. The minimum atomic E-state index is 0.395. The smallest absolute Gasteiger partial charge is 0.120 e. The van der Waals surface area contributed by atoms with Gasteiger partial charge in [0.05, 0.1) is 0 Å². The summed E-state index contributed by atoms with van der Waals surface area (Å²) in [6, 6.07) is 14.4. The van der Waals surface area contributed by atoms with Crippen molar-refractivity contribution in [3.05, 3.63) is 59.2 Å². The summed E-state index contributed by atoms with van der Waals surface area (Å²) < 4.78 is 0. The predicted octanol–water partition coefficient (Wildman–Crippen LogP) is 3.90. The average molecular weight is 267 g/mol. The van der Waals surface area contributed by atoms with Gasteiger partial charge in [-0.2, -0.15) is 0 Å². The number of phenolic OH excluding ortho intramolecular Hbond substituents is 1. The fourth-order valence-corrected chi connectivity index (χ4v) is 3.10. The van der Waals surface area contributed by atoms with Crippen molar-refractivity contribution >= 4 is 5.69 Å². The number of para-hydroxylation sites is 1. The number of anilines is 1. The van der Waals surface area contributed by atoms with E-state index in [4.69, 9.17) is 0 Å². The third kappa shape index (κ3) is 2.51. The minimum absolute atomic E-state index is 0.395. The minimum Gasteiger partial charge on any atom is -0.508 e. The van der Waals surface area contributed by atoms with Gasteiger partial charge in [-0.15, -0.1) is 0 Å². The Morgan fingerprint density at radius 3 is 2.85 bits per heavy atom. The highest BCUT2D eigenvalue weighted by molar-refractivity contribution is 5.56. The third-order valence-corrected chi connectivity index (χ3v) is 4.03. The SMILES string of the molecule is Cc1ccc(O)c(CN2CC(C)Cc3ccccc32)c1. The molecule has 0 aliphatic carbocycles. The fourth-order valence-electron chi connectivity index (χ4n) is 3.10. The van der Waals surface area contributed by atoms with Gasteiger partial charge in [-0.05, 0) is 37.0 Å². The molecule has 2 nitrogen and oxygen atoms in total. The van der Waals surface area contributed by atoms with E-state index in [9.17, 15) is 5.11 Å². The van der Waals surface area contributed by atoms with Crippen molar-refractivity contribution in [2.45, 2.75) is 26.8 Å². The number of phenols is 1. The molecule has 0 bridgehead atoms. The van der Waals surface area contributed by atoms with Crippen molar-refractivity contribution in [2.75, 3.05) is 11.4 Å². The Balaban J connectivity index is 1.93. The fraction of sp³-hybridized carbons (Fsp3) is 0.333. The predicted molar refractivity (Wildman–Crippen MR) is 83.2 cm³/mol. The van der Waals surface area contributed by atoms with Crippen LogP contribution in [0.1, 0.15) is 23.6 Å². The first kappa shape index (κ1) is 13.0. The number of rotatable bonds is 2. The van der Waals surface area contributed by atoms with E-state index in [-0.39, 0.29) is 0 Å². The summed E-state index contributed by atoms with van der Waals surface area (Å²) in [6.45, 7) is 6.17. The molecule has 0 saturated heterocycles. The summed E-state index contributed by atoms with van der Waals surface area (Å²) in [5.41, 5.74) is 4.93. The lowest BCUT2D eigenvalue weighted by Gasteiger charge is -2.35. The van der Waals surface area contributed by atoms with Crippen LogP contribution in [0.2, 0.25) is 0 Å². The molecule has 1 unspecified atom stereocenters. The molecule has 3 rings (SSSR count). The van der Waals surface area contributed by atoms with E-state index in [1.165, 1.54) is 16.8 Å². The van der Waals surface area contributed by atoms with Crippen LogP contribution in [0.3, 0.4) is 0 Å². The van der Waals surface area contributed by atoms with Gasteiger partial charge in [0.15, 0.2) is 0 Å². The quantitative estimate of drug-likeness (QED) is 0.892. The first-order valence-corrected chi connectivity index (χ1v) is 7.25. The topological polar surface area (TPSA) is 23.5 Å². The van der Waals surface area contributed by atoms with Crippen molar-refractivity contribution < 1.29 is 5.11 Å². The number of benzene rings is 2. The molecule has 1 aliphatic rings. The van der Waals surface area contributed by atoms with Crippen LogP contribution in [0.15, 0.2) is 42.5 Å². The first-order chi connectivity index (χ1) is 9.63. The van der Waals surface area contributed by atoms with Crippen LogP contribution in [0.4, 0.5) is 5.69 Å². The Bertz CT molecular complexity index is 621. The molecule has 0 saturated carbocycles. The van der Waals surface area contributed by atoms with E-state index < -0.39 is 0 Å². The van der Waals surface area contributed by atoms with Crippen LogP contribution < -0.4 is 4.90 Å². The molecule has 1 aliphatic heterocycles. The second-order valence-electron chi connectivity index (χ2n) is 5.95. The van der Waals surface area contributed by atoms with Gasteiger partial charge >= 0.3 is 0 Å². The van der Waals surface area contributed by atoms with E-state index >= 15 is 0 Å². The maximum absolute atomic E-state index is 10.1. The standard InChI is InChI=1S/C18H21NO/c1-13-7-8-18(20)16(9-13)12-19-11-14(2)10-15-5-3-4-6-17(15)19/h3-9,14,20H,10-12H2,1-2H3. The van der Waals surface area contributed by atoms with E-state index in [0.717, 1.165) is 25.1 Å². The van der Waals surface area contributed by atoms with E-state index in [0.29, 0.717) is 11.7 Å². The molecule has 20 heavy (non-hydrogen) atoms. The van der Waals surface area contributed by atoms with E-state index in [1.807, 2.05) is 6.07 Å². The van der Waals surface area contributed by atoms with E-state index in [2.05, 4.69) is 49.1 Å². The summed E-state index contributed by atoms with van der Waals surface area (Å²) in [5, 5.41) is 10.1. The maximum Gasteiger partial charge on any atom is 0.120 e. The van der Waals surface area contributed by atoms with Gasteiger partial charge in [0, 0.05) is 24.3 Å². The summed E-state index contributed by atoms with van der Waals surface area (Å²) in [7, 11) is 0. The van der Waals surface area contributed by atoms with Crippen LogP contribution in [0.5, 0.6) is 5.75 Å². The van der Waals surface area contributed by atoms with Gasteiger partial charge < -0.3 is 10.0 Å². The average Bonchev–Trinajstić information content (AvgIpc) is 2.43. The highest BCUT2D eigenvalue weighted by Gasteiger charge is 2.21. The third-order valence-electron chi connectivity index (χ3n) is 4.03. The van der Waals surface area contributed by atoms with Crippen LogP contribution in [0.25, 0.3) is 0 Å². The molecular weight excluding hydrogens is 246 g/mol. The summed E-state index contributed by atoms with van der Waals surface area (Å²) in [6.07, 6.45) is 1.15. The molecule has 0 radical (unpaired) electrons. The molecule has 0 fully saturated rings. The van der Waals surface area contributed by atoms with Gasteiger partial charge in [-0.25, -0.2) is 0 Å². The molecule has 0 spiro atoms. The van der Waals surface area contributed by atoms with Crippen molar-refractivity contribution in [3.63, 3.8) is 0 Å². The molecule has 1 heterocycles. The zero-order valence-electron chi connectivity index (χ0n) is 12.1. The zero-order valence-corrected chi connectivity index (χ0v) is 12.1. The number of hydrogen-bond acceptors (Lipinski definition) is 2. The number of aryl methyl sites for hydroxylation is 1. The molecule has 0 amide bonds. The Hall–Kier alpha value is -1.96. The van der Waals surface area contributed by atoms with Crippen molar-refractivity contribution in [1.29, 1.82) is 0 Å². The number of fused-ring (bicyclic) bond motifs is 1. The Morgan fingerprint density at radius 1 is 1.20 bits per heavy atom. The van der Waals surface area contributed by atoms with E-state index in [1.54, 1.807) is 6.07 Å². The van der Waals surface area contributed by atoms with Gasteiger partial charge in [-0.1, -0.05) is 42.8 Å². The van der Waals surface area contributed by atoms with Gasteiger partial charge in [0.25, 0.3) is 0 Å². The lowest BCUT2D eigenvalue weighted by molar-refractivity contribution is 0.463. The van der Waals surface area contributed by atoms with Crippen LogP contribution >= 0.6 is 0 Å². The highest BCUT2D eigenvalue weighted by Crippen LogP contribution is 2.32. The van der Waals surface area contributed by atoms with Crippen molar-refractivity contribution in [3.8, 4) is 5.75 Å². The lowest BCUT2D eigenvalue weighted by atomic mass is 9.93. The van der Waals surface area contributed by atoms with Gasteiger partial charge in [0.1, 0.15) is 5.75 Å². The number of aromatic hydroxyl groups is 1. The molecule has 0 aromatic heterocycles. The van der Waals surface area contributed by atoms with Crippen molar-refractivity contribution in [1.82, 2.24) is 0 Å². The van der Waals surface area contributed by atoms with Gasteiger partial charge in [-0.3, -0.25) is 0 Å². The molecule has 2 aromatic carbocycles. The molecule has 2 aromatic rings. The zero-order chi connectivity index (χ0) is 14.1. The molecule has 2 heteroatoms. The monoisotopic (exact) mass is 267 g/mol. The summed E-state index contributed by atoms with van der Waals surface area (Å²) >= 11 is 0. The largest absolute Gasteiger partial charge is 0.508 e. The molecule has 1 atom stereocenters. The lowest BCUT2D eigenvalue weighted by Crippen LogP contribution is -2.33. The number of nitrogens with zero attached hydrogens (tertiary/aromatic N) is 1. The Morgan fingerprint density at radius 2 is 2.00 bits per heavy atom. The van der Waals surface area contributed by atoms with Crippen molar-refractivity contribution in [2.24, 2.45) is 5.92 Å². The summed E-state index contributed by atoms with van der Waals surface area (Å²) in [4.78, 5) is 2.39. The van der Waals surface area contributed by atoms with Gasteiger partial charge in [0.2, 0.25) is 0 Å². The maximum atomic E-state index is 10.1. The molecule has 104 valence electrons. The highest BCUT2D eigenvalue weighted by atomic mass is 16.3. The van der Waals surface area contributed by atoms with Crippen LogP contribution in [-0.4, -0.2) is 11.7 Å². The van der Waals surface area contributed by atoms with Crippen LogP contribution in [-0.2, 0) is 13.0 Å². The first-order valence-electron chi connectivity index (χ1n) is 7.25.